The maximum absolute atomic E-state index is 12.5. The van der Waals surface area contributed by atoms with Gasteiger partial charge >= 0.3 is 0 Å². The van der Waals surface area contributed by atoms with E-state index in [2.05, 4.69) is 4.98 Å². The molecule has 0 bridgehead atoms. The summed E-state index contributed by atoms with van der Waals surface area (Å²) in [4.78, 5) is 31.7. The van der Waals surface area contributed by atoms with Crippen molar-refractivity contribution in [2.24, 2.45) is 0 Å². The Hall–Kier alpha value is -2.41. The van der Waals surface area contributed by atoms with E-state index in [1.807, 2.05) is 0 Å². The molecule has 0 aliphatic carbocycles. The highest BCUT2D eigenvalue weighted by Crippen LogP contribution is 2.19. The van der Waals surface area contributed by atoms with E-state index in [1.165, 1.54) is 4.90 Å². The summed E-state index contributed by atoms with van der Waals surface area (Å²) in [6, 6.07) is 5.12. The lowest BCUT2D eigenvalue weighted by Gasteiger charge is -2.17. The molecular weight excluding hydrogens is 286 g/mol. The Kier molecular flexibility index (Phi) is 3.81. The van der Waals surface area contributed by atoms with Gasteiger partial charge in [-0.3, -0.25) is 9.59 Å². The highest BCUT2D eigenvalue weighted by molar-refractivity contribution is 5.99. The number of nitrogens with zero attached hydrogens (tertiary/aromatic N) is 3. The third-order valence-electron chi connectivity index (χ3n) is 3.62. The lowest BCUT2D eigenvalue weighted by molar-refractivity contribution is -0.127. The third-order valence-corrected chi connectivity index (χ3v) is 3.62. The van der Waals surface area contributed by atoms with E-state index in [0.717, 1.165) is 0 Å². The lowest BCUT2D eigenvalue weighted by Crippen LogP contribution is -2.32. The van der Waals surface area contributed by atoms with Gasteiger partial charge in [-0.1, -0.05) is 0 Å². The minimum atomic E-state index is -0.191. The smallest absolute Gasteiger partial charge is 0.255 e. The van der Waals surface area contributed by atoms with Crippen molar-refractivity contribution in [1.82, 2.24) is 14.8 Å². The van der Waals surface area contributed by atoms with Gasteiger partial charge in [-0.15, -0.1) is 0 Å². The molecule has 1 aromatic heterocycles. The molecule has 2 amide bonds. The summed E-state index contributed by atoms with van der Waals surface area (Å²) in [5.41, 5.74) is 1.78. The average molecular weight is 303 g/mol. The van der Waals surface area contributed by atoms with Crippen molar-refractivity contribution in [3.8, 4) is 0 Å². The minimum Gasteiger partial charge on any atom is -0.441 e. The molecule has 7 nitrogen and oxygen atoms in total. The first-order valence-electron chi connectivity index (χ1n) is 7.01. The van der Waals surface area contributed by atoms with Gasteiger partial charge in [0.15, 0.2) is 11.5 Å². The van der Waals surface area contributed by atoms with E-state index < -0.39 is 0 Å². The maximum Gasteiger partial charge on any atom is 0.255 e. The highest BCUT2D eigenvalue weighted by atomic mass is 16.5. The fourth-order valence-electron chi connectivity index (χ4n) is 2.49. The first-order valence-corrected chi connectivity index (χ1v) is 7.01. The molecule has 0 unspecified atom stereocenters. The largest absolute Gasteiger partial charge is 0.441 e. The monoisotopic (exact) mass is 303 g/mol. The Balaban J connectivity index is 1.76. The molecule has 2 aromatic rings. The molecule has 3 rings (SSSR count). The average Bonchev–Trinajstić information content (AvgIpc) is 3.05. The third kappa shape index (κ3) is 2.67. The fourth-order valence-corrected chi connectivity index (χ4v) is 2.49. The zero-order valence-electron chi connectivity index (χ0n) is 12.5. The van der Waals surface area contributed by atoms with Gasteiger partial charge in [-0.25, -0.2) is 4.98 Å². The standard InChI is InChI=1S/C15H17N3O4/c1-10-16-12-4-3-11(7-13(12)22-10)15(20)18-8-14(19)17(9-18)5-6-21-2/h3-4,7H,5-6,8-9H2,1-2H3. The van der Waals surface area contributed by atoms with Gasteiger partial charge in [-0.2, -0.15) is 0 Å². The second-order valence-electron chi connectivity index (χ2n) is 5.21. The maximum atomic E-state index is 12.5. The van der Waals surface area contributed by atoms with Gasteiger partial charge in [0.2, 0.25) is 5.91 Å². The molecule has 2 heterocycles. The second-order valence-corrected chi connectivity index (χ2v) is 5.21. The summed E-state index contributed by atoms with van der Waals surface area (Å²) in [6.07, 6.45) is 0. The number of aromatic nitrogens is 1. The SMILES string of the molecule is COCCN1CN(C(=O)c2ccc3nc(C)oc3c2)CC1=O. The van der Waals surface area contributed by atoms with E-state index in [4.69, 9.17) is 9.15 Å². The molecule has 1 aromatic carbocycles. The zero-order valence-corrected chi connectivity index (χ0v) is 12.5. The second kappa shape index (κ2) is 5.76. The van der Waals surface area contributed by atoms with Gasteiger partial charge < -0.3 is 19.0 Å². The molecule has 0 spiro atoms. The van der Waals surface area contributed by atoms with E-state index in [1.54, 1.807) is 37.1 Å². The van der Waals surface area contributed by atoms with Crippen LogP contribution in [0.15, 0.2) is 22.6 Å². The molecular formula is C15H17N3O4. The topological polar surface area (TPSA) is 75.9 Å². The molecule has 116 valence electrons. The molecule has 7 heteroatoms. The molecule has 1 aliphatic rings. The van der Waals surface area contributed by atoms with Gasteiger partial charge in [0.25, 0.3) is 5.91 Å². The first kappa shape index (κ1) is 14.5. The van der Waals surface area contributed by atoms with Crippen LogP contribution < -0.4 is 0 Å². The van der Waals surface area contributed by atoms with Crippen molar-refractivity contribution in [1.29, 1.82) is 0 Å². The number of methoxy groups -OCH3 is 1. The molecule has 0 N–H and O–H groups in total. The predicted octanol–water partition coefficient (Wildman–Crippen LogP) is 1.02. The van der Waals surface area contributed by atoms with Crippen molar-refractivity contribution in [2.45, 2.75) is 6.92 Å². The summed E-state index contributed by atoms with van der Waals surface area (Å²) < 4.78 is 10.4. The summed E-state index contributed by atoms with van der Waals surface area (Å²) in [6.45, 7) is 3.08. The number of carbonyl (C=O) groups is 2. The number of hydrogen-bond acceptors (Lipinski definition) is 5. The van der Waals surface area contributed by atoms with Gasteiger partial charge in [0.1, 0.15) is 12.1 Å². The molecule has 0 radical (unpaired) electrons. The molecule has 1 aliphatic heterocycles. The van der Waals surface area contributed by atoms with Crippen LogP contribution in [0.5, 0.6) is 0 Å². The van der Waals surface area contributed by atoms with Gasteiger partial charge in [0, 0.05) is 26.1 Å². The highest BCUT2D eigenvalue weighted by Gasteiger charge is 2.31. The number of aryl methyl sites for hydroxylation is 1. The van der Waals surface area contributed by atoms with Crippen LogP contribution in [-0.4, -0.2) is 60.1 Å². The van der Waals surface area contributed by atoms with Crippen LogP contribution in [0.3, 0.4) is 0 Å². The summed E-state index contributed by atoms with van der Waals surface area (Å²) in [7, 11) is 1.58. The van der Waals surface area contributed by atoms with Crippen LogP contribution in [-0.2, 0) is 9.53 Å². The fraction of sp³-hybridized carbons (Fsp3) is 0.400. The number of rotatable bonds is 4. The first-order chi connectivity index (χ1) is 10.6. The molecule has 0 atom stereocenters. The quantitative estimate of drug-likeness (QED) is 0.843. The minimum absolute atomic E-state index is 0.0676. The van der Waals surface area contributed by atoms with Crippen LogP contribution in [0, 0.1) is 6.92 Å². The zero-order chi connectivity index (χ0) is 15.7. The molecule has 1 fully saturated rings. The number of amides is 2. The van der Waals surface area contributed by atoms with Crippen LogP contribution in [0.2, 0.25) is 0 Å². The number of carbonyl (C=O) groups excluding carboxylic acids is 2. The molecule has 22 heavy (non-hydrogen) atoms. The van der Waals surface area contributed by atoms with E-state index in [-0.39, 0.29) is 25.0 Å². The Morgan fingerprint density at radius 1 is 1.45 bits per heavy atom. The molecule has 1 saturated heterocycles. The number of fused-ring (bicyclic) bond motifs is 1. The summed E-state index contributed by atoms with van der Waals surface area (Å²) in [5, 5.41) is 0. The van der Waals surface area contributed by atoms with Crippen molar-refractivity contribution in [3.63, 3.8) is 0 Å². The van der Waals surface area contributed by atoms with E-state index >= 15 is 0 Å². The Morgan fingerprint density at radius 3 is 3.05 bits per heavy atom. The van der Waals surface area contributed by atoms with Crippen LogP contribution in [0.1, 0.15) is 16.2 Å². The van der Waals surface area contributed by atoms with Crippen molar-refractivity contribution in [2.75, 3.05) is 33.5 Å². The van der Waals surface area contributed by atoms with Gasteiger partial charge in [0.05, 0.1) is 13.3 Å². The van der Waals surface area contributed by atoms with Crippen LogP contribution >= 0.6 is 0 Å². The number of oxazole rings is 1. The predicted molar refractivity (Wildman–Crippen MR) is 78.2 cm³/mol. The number of hydrogen-bond donors (Lipinski definition) is 0. The Labute approximate surface area is 127 Å². The number of benzene rings is 1. The van der Waals surface area contributed by atoms with E-state index in [9.17, 15) is 9.59 Å². The van der Waals surface area contributed by atoms with Crippen molar-refractivity contribution in [3.05, 3.63) is 29.7 Å². The van der Waals surface area contributed by atoms with Crippen molar-refractivity contribution >= 4 is 22.9 Å². The van der Waals surface area contributed by atoms with E-state index in [0.29, 0.717) is 35.7 Å². The Morgan fingerprint density at radius 2 is 2.27 bits per heavy atom. The van der Waals surface area contributed by atoms with Crippen LogP contribution in [0.4, 0.5) is 0 Å². The lowest BCUT2D eigenvalue weighted by atomic mass is 10.2. The van der Waals surface area contributed by atoms with Crippen molar-refractivity contribution < 1.29 is 18.7 Å². The summed E-state index contributed by atoms with van der Waals surface area (Å²) >= 11 is 0. The Bertz CT molecular complexity index is 725. The molecule has 0 saturated carbocycles. The van der Waals surface area contributed by atoms with Gasteiger partial charge in [-0.05, 0) is 18.2 Å². The normalized spacial score (nSPS) is 15.1. The number of ether oxygens (including phenoxy) is 1. The van der Waals surface area contributed by atoms with Crippen LogP contribution in [0.25, 0.3) is 11.1 Å². The summed E-state index contributed by atoms with van der Waals surface area (Å²) in [5.74, 6) is 0.299.